The second kappa shape index (κ2) is 4.58. The largest absolute Gasteiger partial charge is 0.436 e. The number of rotatable bonds is 3. The van der Waals surface area contributed by atoms with Gasteiger partial charge in [-0.3, -0.25) is 0 Å². The number of aromatic nitrogens is 4. The number of fused-ring (bicyclic) bond motifs is 1. The van der Waals surface area contributed by atoms with Gasteiger partial charge < -0.3 is 14.1 Å². The first-order valence-electron chi connectivity index (χ1n) is 5.80. The topological polar surface area (TPSA) is 68.2 Å². The molecule has 0 fully saturated rings. The fourth-order valence-electron chi connectivity index (χ4n) is 1.66. The monoisotopic (exact) mass is 275 g/mol. The van der Waals surface area contributed by atoms with E-state index >= 15 is 0 Å². The number of nitrogens with zero attached hydrogens (tertiary/aromatic N) is 4. The van der Waals surface area contributed by atoms with Gasteiger partial charge in [-0.05, 0) is 25.6 Å². The van der Waals surface area contributed by atoms with E-state index in [2.05, 4.69) is 20.3 Å². The zero-order valence-corrected chi connectivity index (χ0v) is 11.7. The van der Waals surface area contributed by atoms with Crippen molar-refractivity contribution in [2.24, 2.45) is 0 Å². The van der Waals surface area contributed by atoms with Crippen molar-refractivity contribution in [1.82, 2.24) is 19.4 Å². The molecule has 0 saturated heterocycles. The molecule has 0 aliphatic heterocycles. The van der Waals surface area contributed by atoms with Gasteiger partial charge in [0.05, 0.1) is 11.9 Å². The number of hydrogen-bond acceptors (Lipinski definition) is 6. The third-order valence-corrected chi connectivity index (χ3v) is 3.61. The summed E-state index contributed by atoms with van der Waals surface area (Å²) in [6.45, 7) is 3.82. The fraction of sp³-hybridized carbons (Fsp3) is 0.250. The quantitative estimate of drug-likeness (QED) is 0.792. The Balaban J connectivity index is 2.05. The molecule has 0 bridgehead atoms. The zero-order chi connectivity index (χ0) is 13.4. The van der Waals surface area contributed by atoms with Gasteiger partial charge in [0.15, 0.2) is 10.7 Å². The van der Waals surface area contributed by atoms with Gasteiger partial charge in [-0.25, -0.2) is 15.0 Å². The van der Waals surface area contributed by atoms with E-state index in [0.29, 0.717) is 5.22 Å². The predicted molar refractivity (Wildman–Crippen MR) is 72.6 cm³/mol. The Labute approximate surface area is 114 Å². The van der Waals surface area contributed by atoms with Crippen LogP contribution in [-0.4, -0.2) is 26.4 Å². The normalized spacial score (nSPS) is 11.1. The molecule has 98 valence electrons. The van der Waals surface area contributed by atoms with Crippen LogP contribution in [0.4, 0.5) is 5.82 Å². The van der Waals surface area contributed by atoms with Crippen LogP contribution < -0.4 is 5.32 Å². The molecule has 0 unspecified atom stereocenters. The number of anilines is 1. The minimum atomic E-state index is 0.584. The van der Waals surface area contributed by atoms with Crippen molar-refractivity contribution in [3.8, 4) is 0 Å². The molecule has 3 aromatic heterocycles. The van der Waals surface area contributed by atoms with Gasteiger partial charge in [0, 0.05) is 19.4 Å². The Morgan fingerprint density at radius 2 is 2.16 bits per heavy atom. The second-order valence-corrected chi connectivity index (χ2v) is 5.00. The van der Waals surface area contributed by atoms with Gasteiger partial charge in [0.25, 0.3) is 5.22 Å². The van der Waals surface area contributed by atoms with Gasteiger partial charge in [-0.1, -0.05) is 0 Å². The van der Waals surface area contributed by atoms with Crippen LogP contribution in [0, 0.1) is 13.8 Å². The van der Waals surface area contributed by atoms with E-state index in [9.17, 15) is 0 Å². The van der Waals surface area contributed by atoms with Gasteiger partial charge >= 0.3 is 0 Å². The summed E-state index contributed by atoms with van der Waals surface area (Å²) in [5.41, 5.74) is 1.68. The Kier molecular flexibility index (Phi) is 2.90. The van der Waals surface area contributed by atoms with Crippen LogP contribution in [0.25, 0.3) is 5.65 Å². The maximum absolute atomic E-state index is 5.57. The van der Waals surface area contributed by atoms with Gasteiger partial charge in [-0.15, -0.1) is 0 Å². The molecule has 7 heteroatoms. The average Bonchev–Trinajstić information content (AvgIpc) is 2.97. The Bertz CT molecular complexity index is 713. The number of hydrogen-bond donors (Lipinski definition) is 1. The van der Waals surface area contributed by atoms with Crippen LogP contribution in [0.5, 0.6) is 0 Å². The summed E-state index contributed by atoms with van der Waals surface area (Å²) < 4.78 is 7.49. The Morgan fingerprint density at radius 3 is 2.84 bits per heavy atom. The molecule has 6 nitrogen and oxygen atoms in total. The number of aryl methyl sites for hydroxylation is 2. The molecule has 0 amide bonds. The molecule has 0 radical (unpaired) electrons. The van der Waals surface area contributed by atoms with Gasteiger partial charge in [0.1, 0.15) is 11.6 Å². The predicted octanol–water partition coefficient (Wildman–Crippen LogP) is 2.53. The highest BCUT2D eigenvalue weighted by Crippen LogP contribution is 2.30. The first-order valence-corrected chi connectivity index (χ1v) is 6.62. The van der Waals surface area contributed by atoms with E-state index in [1.807, 2.05) is 37.7 Å². The molecule has 0 aliphatic carbocycles. The summed E-state index contributed by atoms with van der Waals surface area (Å²) in [5, 5.41) is 4.37. The lowest BCUT2D eigenvalue weighted by Gasteiger charge is -2.04. The Hall–Kier alpha value is -2.02. The molecule has 0 aliphatic rings. The summed E-state index contributed by atoms with van der Waals surface area (Å²) in [7, 11) is 1.83. The smallest absolute Gasteiger partial charge is 0.262 e. The highest BCUT2D eigenvalue weighted by molar-refractivity contribution is 7.99. The third kappa shape index (κ3) is 2.17. The first kappa shape index (κ1) is 12.0. The summed E-state index contributed by atoms with van der Waals surface area (Å²) in [5.74, 6) is 1.60. The first-order chi connectivity index (χ1) is 9.17. The van der Waals surface area contributed by atoms with E-state index in [1.165, 1.54) is 11.8 Å². The molecular formula is C12H13N5OS. The molecule has 3 aromatic rings. The molecule has 3 rings (SSSR count). The lowest BCUT2D eigenvalue weighted by Crippen LogP contribution is -1.98. The minimum absolute atomic E-state index is 0.584. The molecule has 19 heavy (non-hydrogen) atoms. The van der Waals surface area contributed by atoms with Crippen molar-refractivity contribution < 1.29 is 4.42 Å². The van der Waals surface area contributed by atoms with Crippen LogP contribution >= 0.6 is 11.8 Å². The summed E-state index contributed by atoms with van der Waals surface area (Å²) in [4.78, 5) is 13.1. The van der Waals surface area contributed by atoms with Crippen LogP contribution in [0.1, 0.15) is 11.5 Å². The van der Waals surface area contributed by atoms with Crippen molar-refractivity contribution in [2.75, 3.05) is 12.4 Å². The van der Waals surface area contributed by atoms with Crippen LogP contribution in [0.3, 0.4) is 0 Å². The summed E-state index contributed by atoms with van der Waals surface area (Å²) in [6.07, 6.45) is 5.51. The van der Waals surface area contributed by atoms with Crippen LogP contribution in [-0.2, 0) is 0 Å². The van der Waals surface area contributed by atoms with Crippen molar-refractivity contribution in [1.29, 1.82) is 0 Å². The maximum Gasteiger partial charge on any atom is 0.262 e. The number of imidazole rings is 1. The van der Waals surface area contributed by atoms with E-state index in [4.69, 9.17) is 4.42 Å². The second-order valence-electron chi connectivity index (χ2n) is 4.06. The van der Waals surface area contributed by atoms with E-state index in [1.54, 1.807) is 6.20 Å². The Morgan fingerprint density at radius 1 is 1.32 bits per heavy atom. The lowest BCUT2D eigenvalue weighted by atomic mass is 10.4. The number of oxazole rings is 1. The SMILES string of the molecule is CNc1cn2ccnc2c(Sc2nc(C)c(C)o2)n1. The maximum atomic E-state index is 5.57. The molecule has 0 saturated carbocycles. The highest BCUT2D eigenvalue weighted by Gasteiger charge is 2.13. The molecule has 0 atom stereocenters. The van der Waals surface area contributed by atoms with Crippen molar-refractivity contribution in [2.45, 2.75) is 24.1 Å². The van der Waals surface area contributed by atoms with Crippen molar-refractivity contribution in [3.05, 3.63) is 30.0 Å². The zero-order valence-electron chi connectivity index (χ0n) is 10.8. The molecule has 1 N–H and O–H groups in total. The molecule has 3 heterocycles. The standard InChI is InChI=1S/C12H13N5OS/c1-7-8(2)18-12(15-7)19-11-10-14-4-5-17(10)6-9(13-3)16-11/h4-6,13H,1-3H3. The average molecular weight is 275 g/mol. The highest BCUT2D eigenvalue weighted by atomic mass is 32.2. The van der Waals surface area contributed by atoms with E-state index in [-0.39, 0.29) is 0 Å². The minimum Gasteiger partial charge on any atom is -0.436 e. The molecule has 0 aromatic carbocycles. The molecule has 0 spiro atoms. The van der Waals surface area contributed by atoms with E-state index < -0.39 is 0 Å². The molecular weight excluding hydrogens is 262 g/mol. The lowest BCUT2D eigenvalue weighted by molar-refractivity contribution is 0.431. The van der Waals surface area contributed by atoms with Gasteiger partial charge in [-0.2, -0.15) is 0 Å². The van der Waals surface area contributed by atoms with Gasteiger partial charge in [0.2, 0.25) is 0 Å². The fourth-order valence-corrected chi connectivity index (χ4v) is 2.57. The number of nitrogens with one attached hydrogen (secondary N) is 1. The van der Waals surface area contributed by atoms with Crippen molar-refractivity contribution >= 4 is 23.2 Å². The van der Waals surface area contributed by atoms with Crippen LogP contribution in [0.2, 0.25) is 0 Å². The third-order valence-electron chi connectivity index (χ3n) is 2.79. The van der Waals surface area contributed by atoms with Crippen LogP contribution in [0.15, 0.2) is 33.3 Å². The van der Waals surface area contributed by atoms with E-state index in [0.717, 1.165) is 27.9 Å². The van der Waals surface area contributed by atoms with Crippen molar-refractivity contribution in [3.63, 3.8) is 0 Å². The summed E-state index contributed by atoms with van der Waals surface area (Å²) >= 11 is 1.37. The summed E-state index contributed by atoms with van der Waals surface area (Å²) in [6, 6.07) is 0.